The molecule has 0 fully saturated rings. The van der Waals surface area contributed by atoms with Crippen LogP contribution in [-0.4, -0.2) is 42.7 Å². The largest absolute Gasteiger partial charge is 0.463 e. The van der Waals surface area contributed by atoms with Crippen LogP contribution in [0.2, 0.25) is 5.82 Å². The van der Waals surface area contributed by atoms with Crippen molar-refractivity contribution >= 4 is 7.12 Å². The van der Waals surface area contributed by atoms with E-state index in [1.165, 1.54) is 0 Å². The van der Waals surface area contributed by atoms with E-state index in [0.717, 1.165) is 12.1 Å². The zero-order valence-electron chi connectivity index (χ0n) is 7.44. The molecule has 0 aromatic rings. The van der Waals surface area contributed by atoms with E-state index in [9.17, 15) is 0 Å². The fourth-order valence-corrected chi connectivity index (χ4v) is 1.35. The summed E-state index contributed by atoms with van der Waals surface area (Å²) >= 11 is 0. The van der Waals surface area contributed by atoms with Crippen LogP contribution >= 0.6 is 0 Å². The zero-order chi connectivity index (χ0) is 9.14. The minimum Gasteiger partial charge on any atom is -0.426 e. The number of rotatable bonds is 3. The monoisotopic (exact) mass is 167 g/mol. The van der Waals surface area contributed by atoms with Gasteiger partial charge in [-0.3, -0.25) is 0 Å². The fourth-order valence-electron chi connectivity index (χ4n) is 1.35. The molecule has 0 heterocycles. The molecular formula is C8H14BNO2. The normalized spacial score (nSPS) is 21.8. The van der Waals surface area contributed by atoms with Crippen molar-refractivity contribution in [2.45, 2.75) is 5.82 Å². The molecule has 0 aliphatic heterocycles. The fraction of sp³-hybridized carbons (Fsp3) is 0.500. The summed E-state index contributed by atoms with van der Waals surface area (Å²) < 4.78 is 0. The van der Waals surface area contributed by atoms with E-state index < -0.39 is 7.12 Å². The number of hydrogen-bond acceptors (Lipinski definition) is 3. The molecule has 0 aromatic carbocycles. The first-order valence-corrected chi connectivity index (χ1v) is 3.99. The van der Waals surface area contributed by atoms with Gasteiger partial charge >= 0.3 is 7.12 Å². The smallest absolute Gasteiger partial charge is 0.426 e. The maximum Gasteiger partial charge on any atom is 0.463 e. The van der Waals surface area contributed by atoms with E-state index in [2.05, 4.69) is 0 Å². The van der Waals surface area contributed by atoms with Crippen LogP contribution in [0.4, 0.5) is 0 Å². The molecule has 3 nitrogen and oxygen atoms in total. The number of allylic oxidation sites excluding steroid dienone is 3. The van der Waals surface area contributed by atoms with E-state index in [4.69, 9.17) is 10.0 Å². The zero-order valence-corrected chi connectivity index (χ0v) is 7.44. The molecule has 1 unspecified atom stereocenters. The van der Waals surface area contributed by atoms with Crippen molar-refractivity contribution in [3.05, 3.63) is 23.8 Å². The second kappa shape index (κ2) is 3.89. The van der Waals surface area contributed by atoms with Gasteiger partial charge in [-0.15, -0.1) is 0 Å². The third-order valence-corrected chi connectivity index (χ3v) is 1.88. The van der Waals surface area contributed by atoms with Crippen molar-refractivity contribution in [3.8, 4) is 0 Å². The Balaban J connectivity index is 2.55. The summed E-state index contributed by atoms with van der Waals surface area (Å²) in [5.41, 5.74) is 1.05. The average Bonchev–Trinajstić information content (AvgIpc) is 2.33. The van der Waals surface area contributed by atoms with Gasteiger partial charge in [0.25, 0.3) is 0 Å². The van der Waals surface area contributed by atoms with Crippen LogP contribution in [0.5, 0.6) is 0 Å². The summed E-state index contributed by atoms with van der Waals surface area (Å²) in [6.45, 7) is 0.773. The van der Waals surface area contributed by atoms with Crippen molar-refractivity contribution < 1.29 is 10.0 Å². The molecular weight excluding hydrogens is 153 g/mol. The highest BCUT2D eigenvalue weighted by Crippen LogP contribution is 2.26. The molecule has 0 aromatic heterocycles. The quantitative estimate of drug-likeness (QED) is 0.576. The standard InChI is InChI=1S/C8H14BNO2/c1-10(2)6-7-4-3-5-8(7)9(11)12/h3-5,8,11-12H,6H2,1-2H3. The highest BCUT2D eigenvalue weighted by molar-refractivity contribution is 6.45. The third kappa shape index (κ3) is 2.20. The predicted molar refractivity (Wildman–Crippen MR) is 49.7 cm³/mol. The molecule has 1 rings (SSSR count). The van der Waals surface area contributed by atoms with Gasteiger partial charge in [0.2, 0.25) is 0 Å². The van der Waals surface area contributed by atoms with Crippen molar-refractivity contribution in [2.75, 3.05) is 20.6 Å². The lowest BCUT2D eigenvalue weighted by molar-refractivity contribution is 0.392. The minimum atomic E-state index is -1.27. The number of likely N-dealkylation sites (N-methyl/N-ethyl adjacent to an activating group) is 1. The molecule has 1 aliphatic carbocycles. The summed E-state index contributed by atoms with van der Waals surface area (Å²) in [4.78, 5) is 2.01. The van der Waals surface area contributed by atoms with Gasteiger partial charge in [-0.2, -0.15) is 0 Å². The maximum absolute atomic E-state index is 8.98. The molecule has 0 amide bonds. The summed E-state index contributed by atoms with van der Waals surface area (Å²) in [5, 5.41) is 18.0. The highest BCUT2D eigenvalue weighted by atomic mass is 16.4. The van der Waals surface area contributed by atoms with Gasteiger partial charge in [-0.1, -0.05) is 23.8 Å². The van der Waals surface area contributed by atoms with E-state index >= 15 is 0 Å². The molecule has 0 saturated heterocycles. The molecule has 0 saturated carbocycles. The van der Waals surface area contributed by atoms with Gasteiger partial charge in [0.1, 0.15) is 0 Å². The predicted octanol–water partition coefficient (Wildman–Crippen LogP) is -0.113. The molecule has 1 atom stereocenters. The molecule has 0 bridgehead atoms. The van der Waals surface area contributed by atoms with Gasteiger partial charge in [-0.05, 0) is 14.1 Å². The SMILES string of the molecule is CN(C)CC1=CC=CC1B(O)O. The molecule has 66 valence electrons. The lowest BCUT2D eigenvalue weighted by atomic mass is 9.70. The van der Waals surface area contributed by atoms with Gasteiger partial charge in [0.05, 0.1) is 0 Å². The number of nitrogens with zero attached hydrogens (tertiary/aromatic N) is 1. The Morgan fingerprint density at radius 1 is 1.50 bits per heavy atom. The van der Waals surface area contributed by atoms with Crippen LogP contribution < -0.4 is 0 Å². The van der Waals surface area contributed by atoms with Crippen LogP contribution in [0.25, 0.3) is 0 Å². The van der Waals surface area contributed by atoms with Crippen molar-refractivity contribution in [1.82, 2.24) is 4.90 Å². The Labute approximate surface area is 73.1 Å². The summed E-state index contributed by atoms with van der Waals surface area (Å²) in [6, 6.07) is 0. The van der Waals surface area contributed by atoms with E-state index in [-0.39, 0.29) is 5.82 Å². The first kappa shape index (κ1) is 9.51. The summed E-state index contributed by atoms with van der Waals surface area (Å²) in [7, 11) is 2.65. The molecule has 12 heavy (non-hydrogen) atoms. The lowest BCUT2D eigenvalue weighted by Crippen LogP contribution is -2.24. The Morgan fingerprint density at radius 3 is 2.67 bits per heavy atom. The Bertz CT molecular complexity index is 211. The maximum atomic E-state index is 8.98. The van der Waals surface area contributed by atoms with E-state index in [1.807, 2.05) is 37.2 Å². The van der Waals surface area contributed by atoms with Crippen LogP contribution in [0.1, 0.15) is 0 Å². The molecule has 1 aliphatic rings. The first-order valence-electron chi connectivity index (χ1n) is 3.99. The molecule has 0 radical (unpaired) electrons. The Hall–Kier alpha value is -0.575. The topological polar surface area (TPSA) is 43.7 Å². The summed E-state index contributed by atoms with van der Waals surface area (Å²) in [5.74, 6) is -0.215. The second-order valence-corrected chi connectivity index (χ2v) is 3.30. The van der Waals surface area contributed by atoms with Crippen molar-refractivity contribution in [2.24, 2.45) is 0 Å². The summed E-state index contributed by atoms with van der Waals surface area (Å²) in [6.07, 6.45) is 5.61. The second-order valence-electron chi connectivity index (χ2n) is 3.30. The van der Waals surface area contributed by atoms with Crippen LogP contribution in [0, 0.1) is 0 Å². The first-order chi connectivity index (χ1) is 5.61. The van der Waals surface area contributed by atoms with Crippen molar-refractivity contribution in [1.29, 1.82) is 0 Å². The van der Waals surface area contributed by atoms with E-state index in [0.29, 0.717) is 0 Å². The highest BCUT2D eigenvalue weighted by Gasteiger charge is 2.26. The Kier molecular flexibility index (Phi) is 3.09. The van der Waals surface area contributed by atoms with Crippen molar-refractivity contribution in [3.63, 3.8) is 0 Å². The third-order valence-electron chi connectivity index (χ3n) is 1.88. The molecule has 4 heteroatoms. The number of hydrogen-bond donors (Lipinski definition) is 2. The van der Waals surface area contributed by atoms with Gasteiger partial charge in [-0.25, -0.2) is 0 Å². The molecule has 2 N–H and O–H groups in total. The lowest BCUT2D eigenvalue weighted by Gasteiger charge is -2.16. The molecule has 0 spiro atoms. The average molecular weight is 167 g/mol. The van der Waals surface area contributed by atoms with Gasteiger partial charge in [0.15, 0.2) is 0 Å². The van der Waals surface area contributed by atoms with Crippen LogP contribution in [0.3, 0.4) is 0 Å². The van der Waals surface area contributed by atoms with Gasteiger partial charge < -0.3 is 14.9 Å². The van der Waals surface area contributed by atoms with Gasteiger partial charge in [0, 0.05) is 12.4 Å². The van der Waals surface area contributed by atoms with Crippen LogP contribution in [0.15, 0.2) is 23.8 Å². The minimum absolute atomic E-state index is 0.215. The van der Waals surface area contributed by atoms with Crippen LogP contribution in [-0.2, 0) is 0 Å². The Morgan fingerprint density at radius 2 is 2.17 bits per heavy atom. The van der Waals surface area contributed by atoms with E-state index in [1.54, 1.807) is 0 Å².